The fraction of sp³-hybridized carbons (Fsp3) is 0.474. The average Bonchev–Trinajstić information content (AvgIpc) is 3.29. The summed E-state index contributed by atoms with van der Waals surface area (Å²) in [6.07, 6.45) is 8.23. The molecule has 142 valence electrons. The van der Waals surface area contributed by atoms with Crippen molar-refractivity contribution in [3.8, 4) is 0 Å². The van der Waals surface area contributed by atoms with Gasteiger partial charge in [-0.1, -0.05) is 6.92 Å². The van der Waals surface area contributed by atoms with E-state index in [4.69, 9.17) is 0 Å². The lowest BCUT2D eigenvalue weighted by Crippen LogP contribution is -2.40. The van der Waals surface area contributed by atoms with Crippen LogP contribution in [-0.2, 0) is 13.5 Å². The molecule has 0 spiro atoms. The van der Waals surface area contributed by atoms with Gasteiger partial charge in [0, 0.05) is 39.0 Å². The van der Waals surface area contributed by atoms with Crippen molar-refractivity contribution in [2.24, 2.45) is 7.05 Å². The monoisotopic (exact) mass is 385 g/mol. The van der Waals surface area contributed by atoms with E-state index in [0.717, 1.165) is 37.2 Å². The molecule has 1 saturated heterocycles. The first kappa shape index (κ1) is 17.9. The van der Waals surface area contributed by atoms with Crippen molar-refractivity contribution in [1.29, 1.82) is 0 Å². The maximum Gasteiger partial charge on any atom is 0.264 e. The highest BCUT2D eigenvalue weighted by Crippen LogP contribution is 2.30. The molecule has 3 aromatic rings. The molecular formula is C19H23N5O2S. The number of nitrogens with zero attached hydrogens (tertiary/aromatic N) is 5. The molecule has 0 aromatic carbocycles. The minimum atomic E-state index is -0.102. The van der Waals surface area contributed by atoms with Crippen molar-refractivity contribution < 1.29 is 4.79 Å². The summed E-state index contributed by atoms with van der Waals surface area (Å²) < 4.78 is 3.66. The number of amides is 1. The van der Waals surface area contributed by atoms with Crippen LogP contribution in [0.5, 0.6) is 0 Å². The Bertz CT molecular complexity index is 1060. The van der Waals surface area contributed by atoms with Crippen molar-refractivity contribution in [1.82, 2.24) is 24.0 Å². The van der Waals surface area contributed by atoms with E-state index in [1.807, 2.05) is 24.2 Å². The number of rotatable bonds is 3. The lowest BCUT2D eigenvalue weighted by molar-refractivity contribution is 0.0682. The topological polar surface area (TPSA) is 73.0 Å². The molecule has 27 heavy (non-hydrogen) atoms. The Labute approximate surface area is 161 Å². The summed E-state index contributed by atoms with van der Waals surface area (Å²) in [7, 11) is 1.68. The van der Waals surface area contributed by atoms with Gasteiger partial charge in [0.2, 0.25) is 0 Å². The number of carbonyl (C=O) groups is 1. The van der Waals surface area contributed by atoms with Gasteiger partial charge in [0.05, 0.1) is 22.6 Å². The Hall–Kier alpha value is -2.48. The lowest BCUT2D eigenvalue weighted by Gasteiger charge is -2.34. The molecule has 8 heteroatoms. The first-order chi connectivity index (χ1) is 13.0. The quantitative estimate of drug-likeness (QED) is 0.694. The molecule has 1 amide bonds. The fourth-order valence-electron chi connectivity index (χ4n) is 3.87. The number of piperidine rings is 1. The third-order valence-corrected chi connectivity index (χ3v) is 6.53. The zero-order chi connectivity index (χ0) is 19.1. The van der Waals surface area contributed by atoms with E-state index in [-0.39, 0.29) is 17.5 Å². The van der Waals surface area contributed by atoms with Gasteiger partial charge < -0.3 is 14.0 Å². The molecule has 3 aromatic heterocycles. The number of aryl methyl sites for hydroxylation is 3. The summed E-state index contributed by atoms with van der Waals surface area (Å²) >= 11 is 1.32. The van der Waals surface area contributed by atoms with Gasteiger partial charge in [0.15, 0.2) is 0 Å². The molecule has 0 aliphatic carbocycles. The molecule has 0 radical (unpaired) electrons. The second-order valence-electron chi connectivity index (χ2n) is 7.05. The van der Waals surface area contributed by atoms with Gasteiger partial charge >= 0.3 is 0 Å². The molecule has 1 aliphatic rings. The van der Waals surface area contributed by atoms with Crippen LogP contribution in [0, 0.1) is 6.92 Å². The molecule has 4 heterocycles. The van der Waals surface area contributed by atoms with Gasteiger partial charge in [-0.3, -0.25) is 9.59 Å². The van der Waals surface area contributed by atoms with Crippen molar-refractivity contribution in [3.63, 3.8) is 0 Å². The van der Waals surface area contributed by atoms with Gasteiger partial charge in [-0.2, -0.15) is 0 Å². The Morgan fingerprint density at radius 2 is 2.19 bits per heavy atom. The molecule has 4 rings (SSSR count). The summed E-state index contributed by atoms with van der Waals surface area (Å²) in [5.74, 6) is 1.06. The van der Waals surface area contributed by atoms with Crippen LogP contribution in [0.3, 0.4) is 0 Å². The second kappa shape index (κ2) is 6.92. The van der Waals surface area contributed by atoms with E-state index in [1.54, 1.807) is 7.05 Å². The van der Waals surface area contributed by atoms with E-state index in [1.165, 1.54) is 22.2 Å². The van der Waals surface area contributed by atoms with Crippen molar-refractivity contribution in [2.45, 2.75) is 39.2 Å². The predicted molar refractivity (Wildman–Crippen MR) is 105 cm³/mol. The molecule has 7 nitrogen and oxygen atoms in total. The Kier molecular flexibility index (Phi) is 4.59. The van der Waals surface area contributed by atoms with Crippen molar-refractivity contribution in [3.05, 3.63) is 45.3 Å². The molecule has 1 atom stereocenters. The van der Waals surface area contributed by atoms with Crippen LogP contribution in [-0.4, -0.2) is 43.0 Å². The molecule has 0 bridgehead atoms. The van der Waals surface area contributed by atoms with Gasteiger partial charge in [-0.15, -0.1) is 11.3 Å². The third-order valence-electron chi connectivity index (χ3n) is 5.35. The normalized spacial score (nSPS) is 17.6. The van der Waals surface area contributed by atoms with E-state index in [9.17, 15) is 9.59 Å². The summed E-state index contributed by atoms with van der Waals surface area (Å²) in [5.41, 5.74) is 0.642. The zero-order valence-corrected chi connectivity index (χ0v) is 16.6. The first-order valence-electron chi connectivity index (χ1n) is 9.27. The SMILES string of the molecule is CCc1nccn1C1CCCN(C(=O)c2sc3ncn(C)c(=O)c3c2C)C1. The first-order valence-corrected chi connectivity index (χ1v) is 10.1. The number of fused-ring (bicyclic) bond motifs is 1. The number of hydrogen-bond donors (Lipinski definition) is 0. The van der Waals surface area contributed by atoms with E-state index in [0.29, 0.717) is 21.6 Å². The number of hydrogen-bond acceptors (Lipinski definition) is 5. The highest BCUT2D eigenvalue weighted by molar-refractivity contribution is 7.20. The van der Waals surface area contributed by atoms with Crippen LogP contribution in [0.2, 0.25) is 0 Å². The van der Waals surface area contributed by atoms with Gasteiger partial charge in [-0.25, -0.2) is 9.97 Å². The number of imidazole rings is 1. The Morgan fingerprint density at radius 1 is 1.37 bits per heavy atom. The maximum atomic E-state index is 13.2. The molecule has 0 saturated carbocycles. The highest BCUT2D eigenvalue weighted by Gasteiger charge is 2.29. The maximum absolute atomic E-state index is 13.2. The van der Waals surface area contributed by atoms with Crippen LogP contribution in [0.15, 0.2) is 23.5 Å². The van der Waals surface area contributed by atoms with Gasteiger partial charge in [-0.05, 0) is 25.3 Å². The predicted octanol–water partition coefficient (Wildman–Crippen LogP) is 2.54. The fourth-order valence-corrected chi connectivity index (χ4v) is 4.98. The zero-order valence-electron chi connectivity index (χ0n) is 15.8. The molecule has 1 fully saturated rings. The number of aromatic nitrogens is 4. The van der Waals surface area contributed by atoms with E-state index < -0.39 is 0 Å². The summed E-state index contributed by atoms with van der Waals surface area (Å²) in [5, 5.41) is 0.560. The van der Waals surface area contributed by atoms with Crippen LogP contribution in [0.4, 0.5) is 0 Å². The molecular weight excluding hydrogens is 362 g/mol. The molecule has 0 N–H and O–H groups in total. The van der Waals surface area contributed by atoms with Crippen LogP contribution in [0.1, 0.15) is 46.9 Å². The molecule has 1 aliphatic heterocycles. The minimum absolute atomic E-state index is 0.000386. The largest absolute Gasteiger partial charge is 0.336 e. The van der Waals surface area contributed by atoms with E-state index >= 15 is 0 Å². The third kappa shape index (κ3) is 2.97. The number of thiophene rings is 1. The van der Waals surface area contributed by atoms with Crippen molar-refractivity contribution in [2.75, 3.05) is 13.1 Å². The minimum Gasteiger partial charge on any atom is -0.336 e. The second-order valence-corrected chi connectivity index (χ2v) is 8.05. The summed E-state index contributed by atoms with van der Waals surface area (Å²) in [4.78, 5) is 37.6. The highest BCUT2D eigenvalue weighted by atomic mass is 32.1. The van der Waals surface area contributed by atoms with Crippen molar-refractivity contribution >= 4 is 27.5 Å². The summed E-state index contributed by atoms with van der Waals surface area (Å²) in [6.45, 7) is 5.35. The average molecular weight is 385 g/mol. The van der Waals surface area contributed by atoms with Gasteiger partial charge in [0.25, 0.3) is 11.5 Å². The van der Waals surface area contributed by atoms with E-state index in [2.05, 4.69) is 21.5 Å². The van der Waals surface area contributed by atoms with Crippen LogP contribution < -0.4 is 5.56 Å². The number of likely N-dealkylation sites (tertiary alicyclic amines) is 1. The van der Waals surface area contributed by atoms with Crippen LogP contribution in [0.25, 0.3) is 10.2 Å². The molecule has 1 unspecified atom stereocenters. The summed E-state index contributed by atoms with van der Waals surface area (Å²) in [6, 6.07) is 0.251. The Morgan fingerprint density at radius 3 is 2.96 bits per heavy atom. The lowest BCUT2D eigenvalue weighted by atomic mass is 10.0. The Balaban J connectivity index is 1.65. The number of carbonyl (C=O) groups excluding carboxylic acids is 1. The van der Waals surface area contributed by atoms with Crippen LogP contribution >= 0.6 is 11.3 Å². The standard InChI is InChI=1S/C19H23N5O2S/c1-4-14-20-7-9-24(14)13-6-5-8-23(10-13)19(26)16-12(2)15-17(27-16)21-11-22(3)18(15)25/h7,9,11,13H,4-6,8,10H2,1-3H3. The van der Waals surface area contributed by atoms with Gasteiger partial charge in [0.1, 0.15) is 10.7 Å². The smallest absolute Gasteiger partial charge is 0.264 e.